The molecule has 0 saturated heterocycles. The number of carboxylic acids is 1. The van der Waals surface area contributed by atoms with E-state index in [1.54, 1.807) is 6.07 Å². The van der Waals surface area contributed by atoms with E-state index in [0.717, 1.165) is 24.1 Å². The fraction of sp³-hybridized carbons (Fsp3) is 0.571. The maximum absolute atomic E-state index is 11.3. The molecule has 1 heterocycles. The lowest BCUT2D eigenvalue weighted by Gasteiger charge is -2.14. The van der Waals surface area contributed by atoms with Crippen LogP contribution in [0.5, 0.6) is 0 Å². The number of aromatic nitrogens is 1. The van der Waals surface area contributed by atoms with E-state index in [9.17, 15) is 9.90 Å². The highest BCUT2D eigenvalue weighted by Crippen LogP contribution is 2.35. The first-order valence-electron chi connectivity index (χ1n) is 6.32. The lowest BCUT2D eigenvalue weighted by molar-refractivity contribution is 0.0694. The van der Waals surface area contributed by atoms with Crippen LogP contribution in [0.3, 0.4) is 0 Å². The third-order valence-corrected chi connectivity index (χ3v) is 3.58. The van der Waals surface area contributed by atoms with Crippen LogP contribution >= 0.6 is 0 Å². The number of carbonyl (C=O) groups is 1. The number of aromatic carboxylic acids is 1. The SMILES string of the molecule is CC(C)c1cnc(C2CCCC2)c(C(=O)O)c1. The summed E-state index contributed by atoms with van der Waals surface area (Å²) in [5.41, 5.74) is 2.20. The summed E-state index contributed by atoms with van der Waals surface area (Å²) in [6.07, 6.45) is 6.38. The zero-order valence-corrected chi connectivity index (χ0v) is 10.4. The van der Waals surface area contributed by atoms with E-state index in [1.807, 2.05) is 6.20 Å². The van der Waals surface area contributed by atoms with Crippen LogP contribution in [0.15, 0.2) is 12.3 Å². The van der Waals surface area contributed by atoms with Crippen LogP contribution in [0.1, 0.15) is 73.0 Å². The Bertz CT molecular complexity index is 420. The summed E-state index contributed by atoms with van der Waals surface area (Å²) in [5.74, 6) is -0.178. The van der Waals surface area contributed by atoms with Gasteiger partial charge in [-0.05, 0) is 30.4 Å². The van der Waals surface area contributed by atoms with Crippen molar-refractivity contribution >= 4 is 5.97 Å². The average molecular weight is 233 g/mol. The molecule has 1 aromatic rings. The second-order valence-electron chi connectivity index (χ2n) is 5.14. The summed E-state index contributed by atoms with van der Waals surface area (Å²) in [6.45, 7) is 4.11. The third-order valence-electron chi connectivity index (χ3n) is 3.58. The van der Waals surface area contributed by atoms with Crippen LogP contribution in [-0.2, 0) is 0 Å². The summed E-state index contributed by atoms with van der Waals surface area (Å²) in [4.78, 5) is 15.7. The van der Waals surface area contributed by atoms with Gasteiger partial charge in [0.1, 0.15) is 0 Å². The van der Waals surface area contributed by atoms with Gasteiger partial charge in [-0.3, -0.25) is 4.98 Å². The molecule has 3 heteroatoms. The van der Waals surface area contributed by atoms with E-state index in [-0.39, 0.29) is 0 Å². The van der Waals surface area contributed by atoms with E-state index in [1.165, 1.54) is 12.8 Å². The van der Waals surface area contributed by atoms with Crippen molar-refractivity contribution in [3.8, 4) is 0 Å². The molecule has 1 N–H and O–H groups in total. The van der Waals surface area contributed by atoms with E-state index >= 15 is 0 Å². The normalized spacial score (nSPS) is 16.6. The molecule has 1 aliphatic carbocycles. The van der Waals surface area contributed by atoms with Gasteiger partial charge in [0.15, 0.2) is 0 Å². The molecule has 92 valence electrons. The smallest absolute Gasteiger partial charge is 0.337 e. The second-order valence-corrected chi connectivity index (χ2v) is 5.14. The van der Waals surface area contributed by atoms with Crippen LogP contribution in [0.25, 0.3) is 0 Å². The summed E-state index contributed by atoms with van der Waals surface area (Å²) in [5, 5.41) is 9.29. The van der Waals surface area contributed by atoms with E-state index < -0.39 is 5.97 Å². The minimum atomic E-state index is -0.845. The molecule has 0 bridgehead atoms. The highest BCUT2D eigenvalue weighted by Gasteiger charge is 2.24. The molecule has 1 aromatic heterocycles. The molecule has 2 rings (SSSR count). The van der Waals surface area contributed by atoms with Gasteiger partial charge in [0.25, 0.3) is 0 Å². The maximum atomic E-state index is 11.3. The fourth-order valence-electron chi connectivity index (χ4n) is 2.50. The largest absolute Gasteiger partial charge is 0.478 e. The molecule has 0 atom stereocenters. The van der Waals surface area contributed by atoms with E-state index in [0.29, 0.717) is 17.4 Å². The van der Waals surface area contributed by atoms with Crippen molar-refractivity contribution in [2.45, 2.75) is 51.4 Å². The maximum Gasteiger partial charge on any atom is 0.337 e. The molecule has 0 aromatic carbocycles. The van der Waals surface area contributed by atoms with Crippen LogP contribution in [-0.4, -0.2) is 16.1 Å². The third kappa shape index (κ3) is 2.48. The van der Waals surface area contributed by atoms with Gasteiger partial charge in [-0.2, -0.15) is 0 Å². The monoisotopic (exact) mass is 233 g/mol. The topological polar surface area (TPSA) is 50.2 Å². The first kappa shape index (κ1) is 12.1. The highest BCUT2D eigenvalue weighted by atomic mass is 16.4. The Morgan fingerprint density at radius 2 is 2.06 bits per heavy atom. The molecule has 3 nitrogen and oxygen atoms in total. The standard InChI is InChI=1S/C14H19NO2/c1-9(2)11-7-12(14(16)17)13(15-8-11)10-5-3-4-6-10/h7-10H,3-6H2,1-2H3,(H,16,17). The minimum Gasteiger partial charge on any atom is -0.478 e. The molecule has 17 heavy (non-hydrogen) atoms. The first-order valence-corrected chi connectivity index (χ1v) is 6.32. The minimum absolute atomic E-state index is 0.318. The van der Waals surface area contributed by atoms with E-state index in [2.05, 4.69) is 18.8 Å². The van der Waals surface area contributed by atoms with Crippen molar-refractivity contribution < 1.29 is 9.90 Å². The fourth-order valence-corrected chi connectivity index (χ4v) is 2.50. The van der Waals surface area contributed by atoms with Gasteiger partial charge in [-0.15, -0.1) is 0 Å². The van der Waals surface area contributed by atoms with Crippen LogP contribution in [0.4, 0.5) is 0 Å². The quantitative estimate of drug-likeness (QED) is 0.868. The van der Waals surface area contributed by atoms with Gasteiger partial charge in [0, 0.05) is 12.1 Å². The highest BCUT2D eigenvalue weighted by molar-refractivity contribution is 5.89. The summed E-state index contributed by atoms with van der Waals surface area (Å²) >= 11 is 0. The van der Waals surface area contributed by atoms with Gasteiger partial charge in [0.2, 0.25) is 0 Å². The Hall–Kier alpha value is -1.38. The molecule has 1 fully saturated rings. The Balaban J connectivity index is 2.40. The summed E-state index contributed by atoms with van der Waals surface area (Å²) in [7, 11) is 0. The predicted octanol–water partition coefficient (Wildman–Crippen LogP) is 3.56. The molecule has 0 radical (unpaired) electrons. The summed E-state index contributed by atoms with van der Waals surface area (Å²) < 4.78 is 0. The lowest BCUT2D eigenvalue weighted by Crippen LogP contribution is -2.09. The molecule has 0 spiro atoms. The Labute approximate surface area is 102 Å². The zero-order valence-electron chi connectivity index (χ0n) is 10.4. The number of nitrogens with zero attached hydrogens (tertiary/aromatic N) is 1. The van der Waals surface area contributed by atoms with Gasteiger partial charge >= 0.3 is 5.97 Å². The van der Waals surface area contributed by atoms with Gasteiger partial charge in [-0.25, -0.2) is 4.79 Å². The molecular weight excluding hydrogens is 214 g/mol. The van der Waals surface area contributed by atoms with Crippen molar-refractivity contribution in [1.82, 2.24) is 4.98 Å². The predicted molar refractivity (Wildman–Crippen MR) is 66.5 cm³/mol. The zero-order chi connectivity index (χ0) is 12.4. The lowest BCUT2D eigenvalue weighted by atomic mass is 9.95. The van der Waals surface area contributed by atoms with Crippen LogP contribution < -0.4 is 0 Å². The molecule has 1 aliphatic rings. The Morgan fingerprint density at radius 1 is 1.41 bits per heavy atom. The molecule has 1 saturated carbocycles. The van der Waals surface area contributed by atoms with Gasteiger partial charge in [-0.1, -0.05) is 26.7 Å². The number of hydrogen-bond acceptors (Lipinski definition) is 2. The van der Waals surface area contributed by atoms with Crippen molar-refractivity contribution in [3.63, 3.8) is 0 Å². The number of hydrogen-bond donors (Lipinski definition) is 1. The second kappa shape index (κ2) is 4.86. The first-order chi connectivity index (χ1) is 8.09. The molecule has 0 aliphatic heterocycles. The Morgan fingerprint density at radius 3 is 2.59 bits per heavy atom. The number of carboxylic acid groups (broad SMARTS) is 1. The molecule has 0 amide bonds. The van der Waals surface area contributed by atoms with Gasteiger partial charge < -0.3 is 5.11 Å². The number of pyridine rings is 1. The summed E-state index contributed by atoms with van der Waals surface area (Å²) in [6, 6.07) is 1.80. The van der Waals surface area contributed by atoms with Crippen molar-refractivity contribution in [3.05, 3.63) is 29.1 Å². The molecule has 0 unspecified atom stereocenters. The Kier molecular flexibility index (Phi) is 3.46. The van der Waals surface area contributed by atoms with Crippen molar-refractivity contribution in [2.24, 2.45) is 0 Å². The van der Waals surface area contributed by atoms with Crippen molar-refractivity contribution in [2.75, 3.05) is 0 Å². The van der Waals surface area contributed by atoms with E-state index in [4.69, 9.17) is 0 Å². The van der Waals surface area contributed by atoms with Crippen LogP contribution in [0.2, 0.25) is 0 Å². The average Bonchev–Trinajstić information content (AvgIpc) is 2.81. The van der Waals surface area contributed by atoms with Gasteiger partial charge in [0.05, 0.1) is 11.3 Å². The van der Waals surface area contributed by atoms with Crippen LogP contribution in [0, 0.1) is 0 Å². The number of rotatable bonds is 3. The molecular formula is C14H19NO2. The van der Waals surface area contributed by atoms with Crippen molar-refractivity contribution in [1.29, 1.82) is 0 Å².